The molecule has 0 aliphatic rings. The number of rotatable bonds is 2. The maximum Gasteiger partial charge on any atom is 0.0696 e. The van der Waals surface area contributed by atoms with Gasteiger partial charge in [-0.1, -0.05) is 0 Å². The molecule has 0 N–H and O–H groups in total. The van der Waals surface area contributed by atoms with Gasteiger partial charge in [-0.05, 0) is 20.8 Å². The van der Waals surface area contributed by atoms with Crippen LogP contribution in [0.15, 0.2) is 0 Å². The summed E-state index contributed by atoms with van der Waals surface area (Å²) in [5.41, 5.74) is -0.923. The third-order valence-corrected chi connectivity index (χ3v) is 3.76. The first kappa shape index (κ1) is 10.7. The van der Waals surface area contributed by atoms with E-state index in [0.29, 0.717) is 0 Å². The van der Waals surface area contributed by atoms with Gasteiger partial charge >= 0.3 is 0 Å². The quantitative estimate of drug-likeness (QED) is 0.642. The van der Waals surface area contributed by atoms with Gasteiger partial charge in [-0.25, -0.2) is 0 Å². The standard InChI is InChI=1S/C7H13F2NS/c1-6(11(4,8)9)7(2,3)5-10/h6H,1-4H3. The number of hydrogen-bond donors (Lipinski definition) is 0. The number of nitriles is 1. The molecule has 4 heteroatoms. The molecule has 0 aromatic rings. The van der Waals surface area contributed by atoms with Crippen molar-refractivity contribution in [3.63, 3.8) is 0 Å². The van der Waals surface area contributed by atoms with Crippen molar-refractivity contribution in [3.05, 3.63) is 0 Å². The van der Waals surface area contributed by atoms with E-state index in [1.807, 2.05) is 6.07 Å². The number of hydrogen-bond acceptors (Lipinski definition) is 1. The Balaban J connectivity index is 4.52. The topological polar surface area (TPSA) is 23.8 Å². The minimum Gasteiger partial charge on any atom is -0.198 e. The lowest BCUT2D eigenvalue weighted by Crippen LogP contribution is -2.26. The molecule has 0 radical (unpaired) electrons. The average Bonchev–Trinajstić information content (AvgIpc) is 1.84. The van der Waals surface area contributed by atoms with Crippen LogP contribution in [0.4, 0.5) is 7.77 Å². The Labute approximate surface area is 68.3 Å². The summed E-state index contributed by atoms with van der Waals surface area (Å²) in [5, 5.41) is 7.72. The van der Waals surface area contributed by atoms with Crippen molar-refractivity contribution in [1.82, 2.24) is 0 Å². The van der Waals surface area contributed by atoms with Crippen LogP contribution in [-0.4, -0.2) is 11.5 Å². The van der Waals surface area contributed by atoms with Crippen LogP contribution in [0.25, 0.3) is 0 Å². The second-order valence-corrected chi connectivity index (χ2v) is 5.53. The van der Waals surface area contributed by atoms with E-state index in [4.69, 9.17) is 5.26 Å². The molecule has 66 valence electrons. The molecule has 0 aromatic carbocycles. The van der Waals surface area contributed by atoms with Gasteiger partial charge < -0.3 is 0 Å². The van der Waals surface area contributed by atoms with E-state index >= 15 is 0 Å². The monoisotopic (exact) mass is 181 g/mol. The van der Waals surface area contributed by atoms with E-state index in [9.17, 15) is 7.77 Å². The predicted molar refractivity (Wildman–Crippen MR) is 44.6 cm³/mol. The molecule has 0 amide bonds. The van der Waals surface area contributed by atoms with E-state index in [2.05, 4.69) is 0 Å². The molecule has 0 fully saturated rings. The van der Waals surface area contributed by atoms with Gasteiger partial charge in [0, 0.05) is 6.26 Å². The molecule has 1 unspecified atom stereocenters. The van der Waals surface area contributed by atoms with Crippen molar-refractivity contribution in [2.45, 2.75) is 26.0 Å². The molecular weight excluding hydrogens is 168 g/mol. The molecule has 0 rings (SSSR count). The summed E-state index contributed by atoms with van der Waals surface area (Å²) in [6.45, 7) is 4.52. The molecule has 0 saturated heterocycles. The molecule has 1 atom stereocenters. The fourth-order valence-corrected chi connectivity index (χ4v) is 1.70. The SMILES string of the molecule is CC(C(C)(C)C#N)S(C)(F)F. The highest BCUT2D eigenvalue weighted by Crippen LogP contribution is 2.57. The first-order valence-electron chi connectivity index (χ1n) is 3.29. The molecule has 0 aromatic heterocycles. The Morgan fingerprint density at radius 1 is 1.45 bits per heavy atom. The molecule has 0 bridgehead atoms. The second-order valence-electron chi connectivity index (χ2n) is 3.26. The van der Waals surface area contributed by atoms with E-state index in [0.717, 1.165) is 6.26 Å². The number of nitrogens with zero attached hydrogens (tertiary/aromatic N) is 1. The van der Waals surface area contributed by atoms with Gasteiger partial charge in [-0.2, -0.15) is 13.0 Å². The van der Waals surface area contributed by atoms with Gasteiger partial charge in [-0.3, -0.25) is 0 Å². The van der Waals surface area contributed by atoms with E-state index < -0.39 is 21.5 Å². The van der Waals surface area contributed by atoms with E-state index in [-0.39, 0.29) is 0 Å². The largest absolute Gasteiger partial charge is 0.198 e. The van der Waals surface area contributed by atoms with Crippen molar-refractivity contribution in [2.75, 3.05) is 6.26 Å². The zero-order chi connectivity index (χ0) is 9.28. The van der Waals surface area contributed by atoms with Gasteiger partial charge in [0.05, 0.1) is 27.5 Å². The average molecular weight is 181 g/mol. The van der Waals surface area contributed by atoms with Gasteiger partial charge in [0.15, 0.2) is 0 Å². The fourth-order valence-electron chi connectivity index (χ4n) is 0.608. The highest BCUT2D eigenvalue weighted by atomic mass is 32.3. The van der Waals surface area contributed by atoms with Crippen LogP contribution in [0.5, 0.6) is 0 Å². The van der Waals surface area contributed by atoms with Crippen molar-refractivity contribution in [3.8, 4) is 6.07 Å². The highest BCUT2D eigenvalue weighted by molar-refractivity contribution is 8.25. The normalized spacial score (nSPS) is 17.2. The lowest BCUT2D eigenvalue weighted by atomic mass is 9.92. The summed E-state index contributed by atoms with van der Waals surface area (Å²) in [7, 11) is -3.60. The Hall–Kier alpha value is -0.300. The summed E-state index contributed by atoms with van der Waals surface area (Å²) >= 11 is 0. The van der Waals surface area contributed by atoms with Crippen LogP contribution in [0.1, 0.15) is 20.8 Å². The maximum absolute atomic E-state index is 12.7. The van der Waals surface area contributed by atoms with Crippen LogP contribution in [0.2, 0.25) is 0 Å². The van der Waals surface area contributed by atoms with Crippen molar-refractivity contribution >= 4 is 10.8 Å². The van der Waals surface area contributed by atoms with Crippen LogP contribution in [0.3, 0.4) is 0 Å². The summed E-state index contributed by atoms with van der Waals surface area (Å²) in [6, 6.07) is 1.89. The Morgan fingerprint density at radius 2 is 1.82 bits per heavy atom. The molecular formula is C7H13F2NS. The first-order chi connectivity index (χ1) is 4.72. The minimum atomic E-state index is -3.60. The van der Waals surface area contributed by atoms with Crippen LogP contribution >= 0.6 is 10.8 Å². The van der Waals surface area contributed by atoms with Gasteiger partial charge in [0.1, 0.15) is 0 Å². The van der Waals surface area contributed by atoms with Gasteiger partial charge in [0.2, 0.25) is 0 Å². The molecule has 0 heterocycles. The molecule has 0 spiro atoms. The molecule has 11 heavy (non-hydrogen) atoms. The fraction of sp³-hybridized carbons (Fsp3) is 0.857. The van der Waals surface area contributed by atoms with Crippen LogP contribution < -0.4 is 0 Å². The van der Waals surface area contributed by atoms with Crippen LogP contribution in [-0.2, 0) is 0 Å². The Kier molecular flexibility index (Phi) is 2.90. The summed E-state index contributed by atoms with van der Waals surface area (Å²) in [4.78, 5) is 0. The van der Waals surface area contributed by atoms with Crippen molar-refractivity contribution < 1.29 is 7.77 Å². The molecule has 1 nitrogen and oxygen atoms in total. The molecule has 0 aliphatic heterocycles. The van der Waals surface area contributed by atoms with Crippen molar-refractivity contribution in [1.29, 1.82) is 5.26 Å². The smallest absolute Gasteiger partial charge is 0.0696 e. The Morgan fingerprint density at radius 3 is 1.91 bits per heavy atom. The summed E-state index contributed by atoms with van der Waals surface area (Å²) in [6.07, 6.45) is 0.927. The predicted octanol–water partition coefficient (Wildman–Crippen LogP) is 3.13. The zero-order valence-corrected chi connectivity index (χ0v) is 8.01. The first-order valence-corrected chi connectivity index (χ1v) is 5.20. The lowest BCUT2D eigenvalue weighted by molar-refractivity contribution is 0.467. The molecule has 0 saturated carbocycles. The lowest BCUT2D eigenvalue weighted by Gasteiger charge is -2.31. The van der Waals surface area contributed by atoms with Gasteiger partial charge in [-0.15, -0.1) is 0 Å². The molecule has 0 aliphatic carbocycles. The summed E-state index contributed by atoms with van der Waals surface area (Å²) in [5.74, 6) is 0. The third-order valence-electron chi connectivity index (χ3n) is 1.93. The second kappa shape index (κ2) is 2.98. The Bertz CT molecular complexity index is 178. The van der Waals surface area contributed by atoms with E-state index in [1.54, 1.807) is 13.8 Å². The minimum absolute atomic E-state index is 0.833. The maximum atomic E-state index is 12.7. The van der Waals surface area contributed by atoms with E-state index in [1.165, 1.54) is 6.92 Å². The van der Waals surface area contributed by atoms with Crippen molar-refractivity contribution in [2.24, 2.45) is 5.41 Å². The summed E-state index contributed by atoms with van der Waals surface area (Å²) < 4.78 is 25.5. The number of halogens is 2. The highest BCUT2D eigenvalue weighted by Gasteiger charge is 2.38. The van der Waals surface area contributed by atoms with Crippen LogP contribution in [0, 0.1) is 16.7 Å². The third kappa shape index (κ3) is 2.66. The van der Waals surface area contributed by atoms with Gasteiger partial charge in [0.25, 0.3) is 0 Å². The zero-order valence-electron chi connectivity index (χ0n) is 7.19.